The number of aromatic hydroxyl groups is 1. The number of phenolic OH excluding ortho intramolecular Hbond substituents is 1. The number of carbonyl (C=O) groups is 1. The van der Waals surface area contributed by atoms with E-state index in [-0.39, 0.29) is 11.7 Å². The molecule has 100 valence electrons. The quantitative estimate of drug-likeness (QED) is 0.667. The number of H-pyrrole nitrogens is 1. The number of hydrogen-bond donors (Lipinski definition) is 3. The van der Waals surface area contributed by atoms with Gasteiger partial charge in [0.15, 0.2) is 0 Å². The van der Waals surface area contributed by atoms with Gasteiger partial charge in [0, 0.05) is 27.1 Å². The van der Waals surface area contributed by atoms with Gasteiger partial charge in [0.2, 0.25) is 0 Å². The fraction of sp³-hybridized carbons (Fsp3) is 0. The van der Waals surface area contributed by atoms with Crippen LogP contribution < -0.4 is 5.32 Å². The highest BCUT2D eigenvalue weighted by atomic mass is 79.9. The largest absolute Gasteiger partial charge is 0.507 e. The lowest BCUT2D eigenvalue weighted by Gasteiger charge is -2.08. The molecule has 20 heavy (non-hydrogen) atoms. The van der Waals surface area contributed by atoms with Crippen molar-refractivity contribution in [3.63, 3.8) is 0 Å². The summed E-state index contributed by atoms with van der Waals surface area (Å²) in [5.74, 6) is -0.0345. The van der Waals surface area contributed by atoms with Crippen LogP contribution in [0.1, 0.15) is 10.5 Å². The van der Waals surface area contributed by atoms with Crippen LogP contribution in [-0.4, -0.2) is 16.0 Å². The van der Waals surface area contributed by atoms with Crippen LogP contribution in [0.3, 0.4) is 0 Å². The molecule has 3 rings (SSSR count). The predicted octanol–water partition coefficient (Wildman–Crippen LogP) is 3.89. The van der Waals surface area contributed by atoms with Crippen molar-refractivity contribution < 1.29 is 9.90 Å². The van der Waals surface area contributed by atoms with Crippen LogP contribution in [0.25, 0.3) is 10.8 Å². The summed E-state index contributed by atoms with van der Waals surface area (Å²) in [5, 5.41) is 14.2. The molecule has 0 fully saturated rings. The van der Waals surface area contributed by atoms with Gasteiger partial charge in [0.05, 0.1) is 0 Å². The number of amides is 1. The number of nitrogens with one attached hydrogen (secondary N) is 2. The van der Waals surface area contributed by atoms with Crippen LogP contribution in [0.5, 0.6) is 5.75 Å². The molecule has 0 bridgehead atoms. The molecule has 3 aromatic rings. The number of hydrogen-bond acceptors (Lipinski definition) is 2. The number of rotatable bonds is 2. The molecule has 3 N–H and O–H groups in total. The first-order chi connectivity index (χ1) is 9.65. The van der Waals surface area contributed by atoms with Crippen molar-refractivity contribution in [3.05, 3.63) is 58.8 Å². The Hall–Kier alpha value is -2.27. The third-order valence-corrected chi connectivity index (χ3v) is 3.50. The molecule has 5 heteroatoms. The monoisotopic (exact) mass is 330 g/mol. The summed E-state index contributed by atoms with van der Waals surface area (Å²) in [7, 11) is 0. The van der Waals surface area contributed by atoms with E-state index in [1.54, 1.807) is 36.5 Å². The molecule has 1 heterocycles. The van der Waals surface area contributed by atoms with Gasteiger partial charge in [-0.2, -0.15) is 0 Å². The third kappa shape index (κ3) is 2.28. The second-order valence-corrected chi connectivity index (χ2v) is 5.28. The first-order valence-electron chi connectivity index (χ1n) is 6.01. The normalized spacial score (nSPS) is 10.7. The second-order valence-electron chi connectivity index (χ2n) is 4.36. The highest BCUT2D eigenvalue weighted by molar-refractivity contribution is 9.10. The van der Waals surface area contributed by atoms with E-state index in [2.05, 4.69) is 26.2 Å². The van der Waals surface area contributed by atoms with Crippen molar-refractivity contribution >= 4 is 38.3 Å². The zero-order valence-electron chi connectivity index (χ0n) is 10.4. The molecule has 0 radical (unpaired) electrons. The predicted molar refractivity (Wildman–Crippen MR) is 82.1 cm³/mol. The molecule has 0 saturated carbocycles. The first kappa shape index (κ1) is 12.7. The van der Waals surface area contributed by atoms with Gasteiger partial charge >= 0.3 is 0 Å². The van der Waals surface area contributed by atoms with E-state index in [4.69, 9.17) is 0 Å². The number of carbonyl (C=O) groups excluding carboxylic acids is 1. The maximum Gasteiger partial charge on any atom is 0.272 e. The second kappa shape index (κ2) is 5.02. The van der Waals surface area contributed by atoms with E-state index < -0.39 is 0 Å². The minimum absolute atomic E-state index is 0.196. The molecule has 0 unspecified atom stereocenters. The van der Waals surface area contributed by atoms with Crippen molar-refractivity contribution in [2.45, 2.75) is 0 Å². The Bertz CT molecular complexity index is 795. The lowest BCUT2D eigenvalue weighted by Crippen LogP contribution is -2.12. The molecule has 0 spiro atoms. The zero-order chi connectivity index (χ0) is 14.1. The fourth-order valence-electron chi connectivity index (χ4n) is 2.09. The lowest BCUT2D eigenvalue weighted by atomic mass is 10.1. The maximum absolute atomic E-state index is 12.1. The van der Waals surface area contributed by atoms with Gasteiger partial charge in [-0.15, -0.1) is 0 Å². The number of aromatic nitrogens is 1. The van der Waals surface area contributed by atoms with Gasteiger partial charge in [-0.3, -0.25) is 4.79 Å². The van der Waals surface area contributed by atoms with Gasteiger partial charge in [0.1, 0.15) is 11.4 Å². The van der Waals surface area contributed by atoms with Gasteiger partial charge < -0.3 is 15.4 Å². The number of benzene rings is 2. The molecule has 0 aliphatic heterocycles. The van der Waals surface area contributed by atoms with Crippen LogP contribution in [0.4, 0.5) is 5.69 Å². The van der Waals surface area contributed by atoms with Gasteiger partial charge in [0.25, 0.3) is 5.91 Å². The van der Waals surface area contributed by atoms with Gasteiger partial charge in [-0.1, -0.05) is 24.3 Å². The van der Waals surface area contributed by atoms with E-state index in [0.29, 0.717) is 16.8 Å². The van der Waals surface area contributed by atoms with Crippen LogP contribution >= 0.6 is 15.9 Å². The smallest absolute Gasteiger partial charge is 0.272 e. The summed E-state index contributed by atoms with van der Waals surface area (Å²) in [5.41, 5.74) is 1.13. The number of phenols is 1. The summed E-state index contributed by atoms with van der Waals surface area (Å²) >= 11 is 3.29. The van der Waals surface area contributed by atoms with Crippen molar-refractivity contribution in [2.75, 3.05) is 5.32 Å². The molecule has 0 atom stereocenters. The first-order valence-corrected chi connectivity index (χ1v) is 6.80. The molecule has 1 aromatic heterocycles. The number of fused-ring (bicyclic) bond motifs is 1. The molecule has 1 amide bonds. The average molecular weight is 331 g/mol. The summed E-state index contributed by atoms with van der Waals surface area (Å²) in [6.45, 7) is 0. The summed E-state index contributed by atoms with van der Waals surface area (Å²) in [6.07, 6.45) is 1.70. The molecule has 0 saturated heterocycles. The Morgan fingerprint density at radius 3 is 2.65 bits per heavy atom. The Morgan fingerprint density at radius 2 is 1.90 bits per heavy atom. The van der Waals surface area contributed by atoms with E-state index in [1.807, 2.05) is 12.1 Å². The van der Waals surface area contributed by atoms with Gasteiger partial charge in [-0.05, 0) is 34.1 Å². The summed E-state index contributed by atoms with van der Waals surface area (Å²) in [6, 6.07) is 12.3. The molecule has 0 aliphatic carbocycles. The Kier molecular flexibility index (Phi) is 3.20. The van der Waals surface area contributed by atoms with E-state index in [1.165, 1.54) is 0 Å². The molecular formula is C15H11BrN2O2. The maximum atomic E-state index is 12.1. The van der Waals surface area contributed by atoms with Crippen molar-refractivity contribution in [1.29, 1.82) is 0 Å². The Balaban J connectivity index is 1.99. The lowest BCUT2D eigenvalue weighted by molar-refractivity contribution is 0.102. The van der Waals surface area contributed by atoms with E-state index in [0.717, 1.165) is 9.86 Å². The Labute approximate surface area is 123 Å². The van der Waals surface area contributed by atoms with Crippen molar-refractivity contribution in [2.24, 2.45) is 0 Å². The standard InChI is InChI=1S/C15H11BrN2O2/c16-9-7-13(17-8-9)15(20)18-12-5-1-4-11-10(12)3-2-6-14(11)19/h1-8,17,19H,(H,18,20). The number of aromatic amines is 1. The molecule has 0 aliphatic rings. The SMILES string of the molecule is O=C(Nc1cccc2c(O)cccc12)c1cc(Br)c[nH]1. The molecular weight excluding hydrogens is 320 g/mol. The van der Waals surface area contributed by atoms with E-state index >= 15 is 0 Å². The Morgan fingerprint density at radius 1 is 1.15 bits per heavy atom. The zero-order valence-corrected chi connectivity index (χ0v) is 11.9. The average Bonchev–Trinajstić information content (AvgIpc) is 2.87. The number of anilines is 1. The minimum atomic E-state index is -0.230. The number of halogens is 1. The third-order valence-electron chi connectivity index (χ3n) is 3.04. The summed E-state index contributed by atoms with van der Waals surface area (Å²) < 4.78 is 0.818. The van der Waals surface area contributed by atoms with Crippen LogP contribution in [0.2, 0.25) is 0 Å². The minimum Gasteiger partial charge on any atom is -0.507 e. The van der Waals surface area contributed by atoms with E-state index in [9.17, 15) is 9.90 Å². The van der Waals surface area contributed by atoms with Crippen LogP contribution in [0, 0.1) is 0 Å². The van der Waals surface area contributed by atoms with Gasteiger partial charge in [-0.25, -0.2) is 0 Å². The topological polar surface area (TPSA) is 65.1 Å². The molecule has 4 nitrogen and oxygen atoms in total. The van der Waals surface area contributed by atoms with Crippen molar-refractivity contribution in [1.82, 2.24) is 4.98 Å². The van der Waals surface area contributed by atoms with Crippen LogP contribution in [-0.2, 0) is 0 Å². The fourth-order valence-corrected chi connectivity index (χ4v) is 2.43. The highest BCUT2D eigenvalue weighted by Gasteiger charge is 2.10. The summed E-state index contributed by atoms with van der Waals surface area (Å²) in [4.78, 5) is 15.0. The highest BCUT2D eigenvalue weighted by Crippen LogP contribution is 2.30. The van der Waals surface area contributed by atoms with Crippen molar-refractivity contribution in [3.8, 4) is 5.75 Å². The molecule has 2 aromatic carbocycles. The van der Waals surface area contributed by atoms with Crippen LogP contribution in [0.15, 0.2) is 53.1 Å².